The van der Waals surface area contributed by atoms with Crippen LogP contribution in [0.15, 0.2) is 49.6 Å². The van der Waals surface area contributed by atoms with E-state index in [4.69, 9.17) is 16.3 Å². The van der Waals surface area contributed by atoms with Crippen LogP contribution in [0.5, 0.6) is 0 Å². The molecule has 0 saturated carbocycles. The number of alkyl halides is 1. The predicted octanol–water partition coefficient (Wildman–Crippen LogP) is 3.82. The van der Waals surface area contributed by atoms with Crippen LogP contribution in [-0.4, -0.2) is 74.5 Å². The third-order valence-corrected chi connectivity index (χ3v) is 10.9. The number of hydrogen-bond acceptors (Lipinski definition) is 6. The first kappa shape index (κ1) is 27.2. The minimum atomic E-state index is -0.893. The zero-order valence-electron chi connectivity index (χ0n) is 20.0. The molecule has 4 rings (SSSR count). The molecule has 2 amide bonds. The van der Waals surface area contributed by atoms with Crippen molar-refractivity contribution >= 4 is 62.8 Å². The average Bonchev–Trinajstić information content (AvgIpc) is 3.46. The van der Waals surface area contributed by atoms with Gasteiger partial charge in [-0.2, -0.15) is 0 Å². The van der Waals surface area contributed by atoms with Crippen molar-refractivity contribution in [2.75, 3.05) is 24.7 Å². The summed E-state index contributed by atoms with van der Waals surface area (Å²) < 4.78 is 4.55. The Morgan fingerprint density at radius 1 is 1.39 bits per heavy atom. The van der Waals surface area contributed by atoms with E-state index in [0.717, 1.165) is 0 Å². The summed E-state index contributed by atoms with van der Waals surface area (Å²) in [6.45, 7) is 9.23. The average molecular weight is 598 g/mol. The van der Waals surface area contributed by atoms with E-state index < -0.39 is 34.6 Å². The number of halogens is 2. The normalized spacial score (nSPS) is 31.2. The number of fused-ring (bicyclic) bond motifs is 1. The molecule has 1 spiro atoms. The minimum Gasteiger partial charge on any atom is -0.461 e. The summed E-state index contributed by atoms with van der Waals surface area (Å²) in [5.41, 5.74) is 0.517. The predicted molar refractivity (Wildman–Crippen MR) is 145 cm³/mol. The Morgan fingerprint density at radius 3 is 2.72 bits per heavy atom. The van der Waals surface area contributed by atoms with E-state index in [-0.39, 0.29) is 41.6 Å². The lowest BCUT2D eigenvalue weighted by Gasteiger charge is -2.39. The summed E-state index contributed by atoms with van der Waals surface area (Å²) >= 11 is 11.7. The number of likely N-dealkylation sites (tertiary alicyclic amines) is 1. The van der Waals surface area contributed by atoms with Crippen LogP contribution < -0.4 is 4.90 Å². The van der Waals surface area contributed by atoms with E-state index >= 15 is 0 Å². The molecule has 10 heteroatoms. The molecule has 0 radical (unpaired) electrons. The van der Waals surface area contributed by atoms with Gasteiger partial charge in [0.15, 0.2) is 0 Å². The summed E-state index contributed by atoms with van der Waals surface area (Å²) in [4.78, 5) is 44.7. The minimum absolute atomic E-state index is 0.0491. The number of thioether (sulfide) groups is 1. The number of carbonyl (C=O) groups excluding carboxylic acids is 3. The quantitative estimate of drug-likeness (QED) is 0.251. The Balaban J connectivity index is 1.84. The molecule has 3 aliphatic heterocycles. The number of ether oxygens (including phenoxy) is 1. The Morgan fingerprint density at radius 2 is 2.11 bits per heavy atom. The SMILES string of the molecule is C=CCOC(=O)[C@H]1[C@H]2C(=O)N([C@@H](CC)CO)C(C(=O)N(CC=C)c3ccccc3Cl)C23CC(Br)[C@@H]1S3. The summed E-state index contributed by atoms with van der Waals surface area (Å²) in [6, 6.07) is 5.58. The number of esters is 1. The van der Waals surface area contributed by atoms with E-state index in [1.165, 1.54) is 22.7 Å². The molecule has 7 atom stereocenters. The Kier molecular flexibility index (Phi) is 8.24. The van der Waals surface area contributed by atoms with Gasteiger partial charge < -0.3 is 19.6 Å². The van der Waals surface area contributed by atoms with Gasteiger partial charge in [-0.05, 0) is 25.0 Å². The highest BCUT2D eigenvalue weighted by Gasteiger charge is 2.76. The first-order valence-corrected chi connectivity index (χ1v) is 14.1. The fourth-order valence-electron chi connectivity index (χ4n) is 5.91. The molecule has 0 aromatic heterocycles. The number of anilines is 1. The van der Waals surface area contributed by atoms with Crippen LogP contribution >= 0.6 is 39.3 Å². The zero-order chi connectivity index (χ0) is 26.2. The molecule has 1 aromatic rings. The van der Waals surface area contributed by atoms with Crippen molar-refractivity contribution in [3.8, 4) is 0 Å². The van der Waals surface area contributed by atoms with Crippen LogP contribution in [-0.2, 0) is 19.1 Å². The number of amides is 2. The van der Waals surface area contributed by atoms with E-state index in [2.05, 4.69) is 29.1 Å². The molecule has 1 N–H and O–H groups in total. The molecule has 3 aliphatic rings. The first-order chi connectivity index (χ1) is 17.3. The van der Waals surface area contributed by atoms with E-state index in [9.17, 15) is 19.5 Å². The number of aliphatic hydroxyl groups is 1. The number of benzene rings is 1. The smallest absolute Gasteiger partial charge is 0.311 e. The van der Waals surface area contributed by atoms with E-state index in [1.807, 2.05) is 6.92 Å². The summed E-state index contributed by atoms with van der Waals surface area (Å²) in [7, 11) is 0. The highest BCUT2D eigenvalue weighted by atomic mass is 79.9. The van der Waals surface area contributed by atoms with Gasteiger partial charge in [-0.15, -0.1) is 18.3 Å². The second kappa shape index (κ2) is 10.9. The van der Waals surface area contributed by atoms with Crippen LogP contribution in [0.3, 0.4) is 0 Å². The van der Waals surface area contributed by atoms with Crippen molar-refractivity contribution < 1.29 is 24.2 Å². The second-order valence-electron chi connectivity index (χ2n) is 9.26. The summed E-state index contributed by atoms with van der Waals surface area (Å²) in [5, 5.41) is 10.4. The summed E-state index contributed by atoms with van der Waals surface area (Å²) in [5.74, 6) is -2.49. The van der Waals surface area contributed by atoms with Crippen molar-refractivity contribution in [1.29, 1.82) is 0 Å². The van der Waals surface area contributed by atoms with Gasteiger partial charge in [0.1, 0.15) is 12.6 Å². The lowest BCUT2D eigenvalue weighted by molar-refractivity contribution is -0.153. The molecule has 194 valence electrons. The van der Waals surface area contributed by atoms with Crippen LogP contribution in [0, 0.1) is 11.8 Å². The molecule has 2 bridgehead atoms. The first-order valence-electron chi connectivity index (χ1n) is 12.0. The molecule has 3 heterocycles. The van der Waals surface area contributed by atoms with Crippen LogP contribution in [0.25, 0.3) is 0 Å². The number of nitrogens with zero attached hydrogens (tertiary/aromatic N) is 2. The third kappa shape index (κ3) is 4.22. The van der Waals surface area contributed by atoms with Crippen molar-refractivity contribution in [2.45, 2.75) is 46.7 Å². The maximum atomic E-state index is 14.4. The Hall–Kier alpha value is -1.81. The molecular formula is C26H30BrClN2O5S. The lowest BCUT2D eigenvalue weighted by atomic mass is 9.71. The van der Waals surface area contributed by atoms with Crippen LogP contribution in [0.2, 0.25) is 5.02 Å². The second-order valence-corrected chi connectivity index (χ2v) is 12.4. The van der Waals surface area contributed by atoms with Gasteiger partial charge in [-0.3, -0.25) is 14.4 Å². The fourth-order valence-corrected chi connectivity index (χ4v) is 9.73. The monoisotopic (exact) mass is 596 g/mol. The largest absolute Gasteiger partial charge is 0.461 e. The van der Waals surface area contributed by atoms with Gasteiger partial charge in [-0.1, -0.05) is 65.3 Å². The number of carbonyl (C=O) groups is 3. The van der Waals surface area contributed by atoms with Crippen molar-refractivity contribution in [3.63, 3.8) is 0 Å². The van der Waals surface area contributed by atoms with E-state index in [0.29, 0.717) is 23.6 Å². The summed E-state index contributed by atoms with van der Waals surface area (Å²) in [6.07, 6.45) is 4.09. The van der Waals surface area contributed by atoms with Gasteiger partial charge in [0.05, 0.1) is 39.9 Å². The molecule has 7 nitrogen and oxygen atoms in total. The highest BCUT2D eigenvalue weighted by molar-refractivity contribution is 9.09. The number of aliphatic hydroxyl groups excluding tert-OH is 1. The number of para-hydroxylation sites is 1. The van der Waals surface area contributed by atoms with Crippen molar-refractivity contribution in [1.82, 2.24) is 4.90 Å². The molecule has 36 heavy (non-hydrogen) atoms. The molecule has 1 aromatic carbocycles. The van der Waals surface area contributed by atoms with Gasteiger partial charge in [0.25, 0.3) is 5.91 Å². The number of hydrogen-bond donors (Lipinski definition) is 1. The topological polar surface area (TPSA) is 87.1 Å². The molecule has 3 fully saturated rings. The van der Waals surface area contributed by atoms with Crippen molar-refractivity contribution in [3.05, 3.63) is 54.6 Å². The highest BCUT2D eigenvalue weighted by Crippen LogP contribution is 2.68. The van der Waals surface area contributed by atoms with Crippen LogP contribution in [0.1, 0.15) is 19.8 Å². The Bertz CT molecular complexity index is 1070. The maximum absolute atomic E-state index is 14.4. The van der Waals surface area contributed by atoms with Gasteiger partial charge in [0.2, 0.25) is 5.91 Å². The van der Waals surface area contributed by atoms with Gasteiger partial charge in [-0.25, -0.2) is 0 Å². The molecule has 3 saturated heterocycles. The maximum Gasteiger partial charge on any atom is 0.311 e. The van der Waals surface area contributed by atoms with E-state index in [1.54, 1.807) is 35.2 Å². The third-order valence-electron chi connectivity index (χ3n) is 7.37. The molecule has 3 unspecified atom stereocenters. The lowest BCUT2D eigenvalue weighted by Crippen LogP contribution is -2.58. The number of rotatable bonds is 10. The van der Waals surface area contributed by atoms with Gasteiger partial charge in [0, 0.05) is 16.6 Å². The standard InChI is InChI=1S/C26H30BrClN2O5S/c1-4-11-29(18-10-8-7-9-17(18)28)24(33)22-26-13-16(27)21(36-26)19(25(34)35-12-5-2)20(26)23(32)30(22)15(6-3)14-31/h4-5,7-10,15-16,19-22,31H,1-2,6,11-14H2,3H3/t15-,16?,19-,20-,21-,22?,26?/m0/s1. The fraction of sp³-hybridized carbons (Fsp3) is 0.500. The Labute approximate surface area is 229 Å². The zero-order valence-corrected chi connectivity index (χ0v) is 23.2. The van der Waals surface area contributed by atoms with Crippen molar-refractivity contribution in [2.24, 2.45) is 11.8 Å². The molecule has 0 aliphatic carbocycles. The van der Waals surface area contributed by atoms with Gasteiger partial charge >= 0.3 is 5.97 Å². The molecular weight excluding hydrogens is 568 g/mol. The van der Waals surface area contributed by atoms with Crippen LogP contribution in [0.4, 0.5) is 5.69 Å².